The maximum absolute atomic E-state index is 12.9. The second-order valence-corrected chi connectivity index (χ2v) is 9.90. The van der Waals surface area contributed by atoms with E-state index in [2.05, 4.69) is 47.4 Å². The van der Waals surface area contributed by atoms with E-state index in [-0.39, 0.29) is 12.2 Å². The molecule has 0 aliphatic carbocycles. The molecule has 0 saturated heterocycles. The van der Waals surface area contributed by atoms with Gasteiger partial charge in [0.05, 0.1) is 35.0 Å². The molecule has 2 aromatic carbocycles. The molecule has 216 valence electrons. The molecule has 0 radical (unpaired) electrons. The lowest BCUT2D eigenvalue weighted by molar-refractivity contribution is -0.137. The first kappa shape index (κ1) is 28.7. The summed E-state index contributed by atoms with van der Waals surface area (Å²) >= 11 is 0. The minimum Gasteiger partial charge on any atom is -0.371 e. The molecule has 0 atom stereocenters. The number of pyridine rings is 2. The van der Waals surface area contributed by atoms with E-state index < -0.39 is 17.8 Å². The number of aryl methyl sites for hydroxylation is 1. The number of hydrogen-bond acceptors (Lipinski definition) is 4. The molecule has 5 aromatic rings. The molecule has 0 spiro atoms. The van der Waals surface area contributed by atoms with Crippen molar-refractivity contribution >= 4 is 23.1 Å². The summed E-state index contributed by atoms with van der Waals surface area (Å²) in [7, 11) is 0. The molecule has 0 saturated carbocycles. The average molecular weight is 573 g/mol. The second-order valence-electron chi connectivity index (χ2n) is 9.90. The molecular formula is C32H31F3N6O. The molecule has 0 aliphatic rings. The predicted molar refractivity (Wildman–Crippen MR) is 159 cm³/mol. The summed E-state index contributed by atoms with van der Waals surface area (Å²) in [5, 5.41) is 5.12. The number of benzene rings is 2. The predicted octanol–water partition coefficient (Wildman–Crippen LogP) is 7.56. The van der Waals surface area contributed by atoms with Gasteiger partial charge in [0.2, 0.25) is 0 Å². The summed E-state index contributed by atoms with van der Waals surface area (Å²) in [5.74, 6) is 0. The van der Waals surface area contributed by atoms with Gasteiger partial charge in [0.15, 0.2) is 0 Å². The third-order valence-electron chi connectivity index (χ3n) is 7.13. The highest BCUT2D eigenvalue weighted by atomic mass is 19.4. The van der Waals surface area contributed by atoms with E-state index in [1.54, 1.807) is 0 Å². The van der Waals surface area contributed by atoms with Crippen molar-refractivity contribution in [2.24, 2.45) is 0 Å². The molecule has 0 bridgehead atoms. The molecule has 3 heterocycles. The quantitative estimate of drug-likeness (QED) is 0.201. The first-order valence-corrected chi connectivity index (χ1v) is 13.7. The zero-order chi connectivity index (χ0) is 29.9. The summed E-state index contributed by atoms with van der Waals surface area (Å²) < 4.78 is 40.8. The van der Waals surface area contributed by atoms with Gasteiger partial charge < -0.3 is 15.5 Å². The maximum Gasteiger partial charge on any atom is 0.416 e. The van der Waals surface area contributed by atoms with Gasteiger partial charge in [0.25, 0.3) is 0 Å². The van der Waals surface area contributed by atoms with E-state index in [0.717, 1.165) is 70.2 Å². The van der Waals surface area contributed by atoms with Crippen molar-refractivity contribution in [2.45, 2.75) is 33.5 Å². The Hall–Kier alpha value is -4.86. The molecule has 42 heavy (non-hydrogen) atoms. The van der Waals surface area contributed by atoms with Gasteiger partial charge in [-0.15, -0.1) is 0 Å². The molecule has 2 N–H and O–H groups in total. The number of amides is 2. The molecule has 2 amide bonds. The van der Waals surface area contributed by atoms with E-state index in [1.807, 2.05) is 59.4 Å². The molecular weight excluding hydrogens is 541 g/mol. The van der Waals surface area contributed by atoms with Gasteiger partial charge in [-0.1, -0.05) is 30.3 Å². The smallest absolute Gasteiger partial charge is 0.371 e. The van der Waals surface area contributed by atoms with Crippen molar-refractivity contribution in [3.8, 4) is 22.5 Å². The fourth-order valence-corrected chi connectivity index (χ4v) is 4.89. The fraction of sp³-hybridized carbons (Fsp3) is 0.219. The van der Waals surface area contributed by atoms with Gasteiger partial charge in [-0.2, -0.15) is 13.2 Å². The van der Waals surface area contributed by atoms with Crippen LogP contribution in [0.1, 0.15) is 30.5 Å². The van der Waals surface area contributed by atoms with Gasteiger partial charge in [0, 0.05) is 42.6 Å². The monoisotopic (exact) mass is 572 g/mol. The summed E-state index contributed by atoms with van der Waals surface area (Å²) in [4.78, 5) is 23.9. The van der Waals surface area contributed by atoms with Gasteiger partial charge in [0.1, 0.15) is 5.65 Å². The largest absolute Gasteiger partial charge is 0.416 e. The SMILES string of the molecule is CCN(CC)c1cnc(-c2ccn3c(-c4ccc(CNC(=O)Nc5cccc(C(F)(F)F)c5)cc4)cnc3c2)c(C)c1. The number of aromatic nitrogens is 3. The fourth-order valence-electron chi connectivity index (χ4n) is 4.89. The molecule has 0 aliphatic heterocycles. The lowest BCUT2D eigenvalue weighted by atomic mass is 10.1. The van der Waals surface area contributed by atoms with Gasteiger partial charge in [-0.05, 0) is 68.3 Å². The first-order valence-electron chi connectivity index (χ1n) is 13.7. The number of carbonyl (C=O) groups excluding carboxylic acids is 1. The van der Waals surface area contributed by atoms with Crippen LogP contribution in [0, 0.1) is 6.92 Å². The number of urea groups is 1. The number of hydrogen-bond donors (Lipinski definition) is 2. The van der Waals surface area contributed by atoms with Crippen molar-refractivity contribution in [3.05, 3.63) is 102 Å². The van der Waals surface area contributed by atoms with Crippen molar-refractivity contribution in [1.82, 2.24) is 19.7 Å². The van der Waals surface area contributed by atoms with Crippen molar-refractivity contribution in [1.29, 1.82) is 0 Å². The highest BCUT2D eigenvalue weighted by molar-refractivity contribution is 5.89. The molecule has 0 fully saturated rings. The molecule has 7 nitrogen and oxygen atoms in total. The Kier molecular flexibility index (Phi) is 8.15. The van der Waals surface area contributed by atoms with Crippen LogP contribution in [0.5, 0.6) is 0 Å². The molecule has 5 rings (SSSR count). The first-order chi connectivity index (χ1) is 20.2. The summed E-state index contributed by atoms with van der Waals surface area (Å²) in [6.07, 6.45) is 1.24. The molecule has 10 heteroatoms. The number of halogens is 3. The van der Waals surface area contributed by atoms with E-state index in [1.165, 1.54) is 12.1 Å². The van der Waals surface area contributed by atoms with Crippen LogP contribution in [-0.4, -0.2) is 33.5 Å². The normalized spacial score (nSPS) is 11.5. The number of imidazole rings is 1. The van der Waals surface area contributed by atoms with Crippen LogP contribution in [0.25, 0.3) is 28.2 Å². The molecule has 3 aromatic heterocycles. The van der Waals surface area contributed by atoms with Crippen LogP contribution in [0.3, 0.4) is 0 Å². The highest BCUT2D eigenvalue weighted by Gasteiger charge is 2.30. The Morgan fingerprint density at radius 3 is 2.38 bits per heavy atom. The van der Waals surface area contributed by atoms with Gasteiger partial charge in [-0.25, -0.2) is 9.78 Å². The standard InChI is InChI=1S/C32H31F3N6O/c1-4-40(5-2)27-15-21(3)30(37-19-27)24-13-14-41-28(20-36-29(41)16-24)23-11-9-22(10-12-23)18-38-31(42)39-26-8-6-7-25(17-26)32(33,34)35/h6-17,19-20H,4-5,18H2,1-3H3,(H2,38,39,42). The van der Waals surface area contributed by atoms with Crippen molar-refractivity contribution in [2.75, 3.05) is 23.3 Å². The van der Waals surface area contributed by atoms with Crippen LogP contribution in [0.4, 0.5) is 29.3 Å². The van der Waals surface area contributed by atoms with E-state index in [4.69, 9.17) is 4.98 Å². The maximum atomic E-state index is 12.9. The number of carbonyl (C=O) groups is 1. The van der Waals surface area contributed by atoms with Gasteiger partial charge in [-0.3, -0.25) is 9.38 Å². The second kappa shape index (κ2) is 11.9. The van der Waals surface area contributed by atoms with Crippen LogP contribution in [0.2, 0.25) is 0 Å². The van der Waals surface area contributed by atoms with Crippen LogP contribution in [0.15, 0.2) is 85.3 Å². The summed E-state index contributed by atoms with van der Waals surface area (Å²) in [5.41, 5.74) is 6.87. The zero-order valence-corrected chi connectivity index (χ0v) is 23.5. The third-order valence-corrected chi connectivity index (χ3v) is 7.13. The van der Waals surface area contributed by atoms with Crippen LogP contribution >= 0.6 is 0 Å². The Bertz CT molecular complexity index is 1710. The number of rotatable bonds is 8. The van der Waals surface area contributed by atoms with Gasteiger partial charge >= 0.3 is 12.2 Å². The van der Waals surface area contributed by atoms with E-state index in [0.29, 0.717) is 0 Å². The van der Waals surface area contributed by atoms with E-state index in [9.17, 15) is 18.0 Å². The summed E-state index contributed by atoms with van der Waals surface area (Å²) in [6, 6.07) is 17.8. The average Bonchev–Trinajstić information content (AvgIpc) is 3.40. The minimum absolute atomic E-state index is 0.0658. The number of nitrogens with one attached hydrogen (secondary N) is 2. The Morgan fingerprint density at radius 2 is 1.69 bits per heavy atom. The Labute approximate surface area is 242 Å². The van der Waals surface area contributed by atoms with Crippen molar-refractivity contribution in [3.63, 3.8) is 0 Å². The third kappa shape index (κ3) is 6.22. The van der Waals surface area contributed by atoms with Crippen molar-refractivity contribution < 1.29 is 18.0 Å². The Morgan fingerprint density at radius 1 is 0.929 bits per heavy atom. The minimum atomic E-state index is -4.48. The lowest BCUT2D eigenvalue weighted by Crippen LogP contribution is -2.28. The number of fused-ring (bicyclic) bond motifs is 1. The lowest BCUT2D eigenvalue weighted by Gasteiger charge is -2.21. The van der Waals surface area contributed by atoms with Crippen LogP contribution < -0.4 is 15.5 Å². The number of nitrogens with zero attached hydrogens (tertiary/aromatic N) is 4. The van der Waals surface area contributed by atoms with Crippen LogP contribution in [-0.2, 0) is 12.7 Å². The van der Waals surface area contributed by atoms with E-state index >= 15 is 0 Å². The number of anilines is 2. The summed E-state index contributed by atoms with van der Waals surface area (Å²) in [6.45, 7) is 8.40. The molecule has 0 unspecified atom stereocenters. The number of alkyl halides is 3. The zero-order valence-electron chi connectivity index (χ0n) is 23.5. The highest BCUT2D eigenvalue weighted by Crippen LogP contribution is 2.31. The Balaban J connectivity index is 1.25. The topological polar surface area (TPSA) is 74.6 Å².